The molecule has 0 spiro atoms. The first-order valence-electron chi connectivity index (χ1n) is 10.5. The average Bonchev–Trinajstić information content (AvgIpc) is 3.18. The Kier molecular flexibility index (Phi) is 5.57. The highest BCUT2D eigenvalue weighted by Crippen LogP contribution is 2.32. The summed E-state index contributed by atoms with van der Waals surface area (Å²) in [5.74, 6) is 0.108. The van der Waals surface area contributed by atoms with Crippen molar-refractivity contribution in [1.82, 2.24) is 19.2 Å². The van der Waals surface area contributed by atoms with Gasteiger partial charge in [0, 0.05) is 57.8 Å². The SMILES string of the molecule is CC(=O)N1CCN(C(=O)CC(c2ccccc2C)c2cnc3c(C)cccn23)CC1. The molecule has 0 saturated carbocycles. The van der Waals surface area contributed by atoms with Crippen LogP contribution in [0.2, 0.25) is 0 Å². The van der Waals surface area contributed by atoms with Gasteiger partial charge in [-0.2, -0.15) is 0 Å². The zero-order valence-electron chi connectivity index (χ0n) is 17.8. The number of piperazine rings is 1. The lowest BCUT2D eigenvalue weighted by molar-refractivity contribution is -0.138. The van der Waals surface area contributed by atoms with E-state index in [1.165, 1.54) is 5.56 Å². The molecule has 3 heterocycles. The number of nitrogens with zero attached hydrogens (tertiary/aromatic N) is 4. The minimum Gasteiger partial charge on any atom is -0.339 e. The third-order valence-electron chi connectivity index (χ3n) is 6.14. The molecule has 1 aliphatic heterocycles. The molecule has 0 N–H and O–H groups in total. The van der Waals surface area contributed by atoms with Crippen LogP contribution in [0.15, 0.2) is 48.8 Å². The molecule has 2 aromatic heterocycles. The number of rotatable bonds is 4. The summed E-state index contributed by atoms with van der Waals surface area (Å²) in [6.45, 7) is 8.10. The third-order valence-corrected chi connectivity index (χ3v) is 6.14. The van der Waals surface area contributed by atoms with Crippen LogP contribution in [0.3, 0.4) is 0 Å². The first-order valence-corrected chi connectivity index (χ1v) is 10.5. The molecule has 0 aliphatic carbocycles. The van der Waals surface area contributed by atoms with Crippen LogP contribution in [0.5, 0.6) is 0 Å². The van der Waals surface area contributed by atoms with Crippen LogP contribution in [-0.2, 0) is 9.59 Å². The molecule has 1 atom stereocenters. The molecule has 4 rings (SSSR count). The second kappa shape index (κ2) is 8.30. The van der Waals surface area contributed by atoms with Crippen molar-refractivity contribution in [1.29, 1.82) is 0 Å². The number of benzene rings is 1. The molecule has 1 fully saturated rings. The Labute approximate surface area is 177 Å². The van der Waals surface area contributed by atoms with Crippen molar-refractivity contribution < 1.29 is 9.59 Å². The Morgan fingerprint density at radius 1 is 0.967 bits per heavy atom. The molecule has 6 nitrogen and oxygen atoms in total. The monoisotopic (exact) mass is 404 g/mol. The molecule has 0 bridgehead atoms. The van der Waals surface area contributed by atoms with Gasteiger partial charge in [0.15, 0.2) is 0 Å². The standard InChI is InChI=1S/C24H28N4O2/c1-17-7-4-5-9-20(17)21(22-16-25-24-18(2)8-6-10-28(22)24)15-23(30)27-13-11-26(12-14-27)19(3)29/h4-10,16,21H,11-15H2,1-3H3. The van der Waals surface area contributed by atoms with E-state index in [0.717, 1.165) is 22.5 Å². The number of pyridine rings is 1. The number of imidazole rings is 1. The summed E-state index contributed by atoms with van der Waals surface area (Å²) >= 11 is 0. The Morgan fingerprint density at radius 3 is 2.33 bits per heavy atom. The van der Waals surface area contributed by atoms with Crippen molar-refractivity contribution in [3.63, 3.8) is 0 Å². The number of aromatic nitrogens is 2. The van der Waals surface area contributed by atoms with E-state index in [0.29, 0.717) is 32.6 Å². The van der Waals surface area contributed by atoms with Crippen LogP contribution in [-0.4, -0.2) is 57.2 Å². The maximum absolute atomic E-state index is 13.3. The molecule has 1 unspecified atom stereocenters. The fourth-order valence-electron chi connectivity index (χ4n) is 4.35. The van der Waals surface area contributed by atoms with E-state index in [4.69, 9.17) is 0 Å². The van der Waals surface area contributed by atoms with Gasteiger partial charge in [-0.25, -0.2) is 4.98 Å². The van der Waals surface area contributed by atoms with Crippen LogP contribution in [0.1, 0.15) is 41.6 Å². The van der Waals surface area contributed by atoms with Crippen molar-refractivity contribution in [3.05, 3.63) is 71.2 Å². The molecular weight excluding hydrogens is 376 g/mol. The third kappa shape index (κ3) is 3.82. The molecule has 1 aromatic carbocycles. The maximum atomic E-state index is 13.3. The van der Waals surface area contributed by atoms with E-state index >= 15 is 0 Å². The number of hydrogen-bond acceptors (Lipinski definition) is 3. The quantitative estimate of drug-likeness (QED) is 0.671. The maximum Gasteiger partial charge on any atom is 0.223 e. The van der Waals surface area contributed by atoms with Crippen LogP contribution >= 0.6 is 0 Å². The van der Waals surface area contributed by atoms with Gasteiger partial charge in [-0.1, -0.05) is 30.3 Å². The highest BCUT2D eigenvalue weighted by Gasteiger charge is 2.28. The predicted molar refractivity (Wildman–Crippen MR) is 116 cm³/mol. The Bertz CT molecular complexity index is 1080. The molecule has 156 valence electrons. The largest absolute Gasteiger partial charge is 0.339 e. The minimum absolute atomic E-state index is 0.0704. The van der Waals surface area contributed by atoms with Gasteiger partial charge in [-0.05, 0) is 36.6 Å². The van der Waals surface area contributed by atoms with Crippen molar-refractivity contribution in [3.8, 4) is 0 Å². The van der Waals surface area contributed by atoms with Gasteiger partial charge in [0.05, 0.1) is 5.69 Å². The molecule has 2 amide bonds. The molecule has 1 aliphatic rings. The molecule has 6 heteroatoms. The lowest BCUT2D eigenvalue weighted by Gasteiger charge is -2.35. The van der Waals surface area contributed by atoms with E-state index in [2.05, 4.69) is 41.4 Å². The fourth-order valence-corrected chi connectivity index (χ4v) is 4.35. The number of carbonyl (C=O) groups excluding carboxylic acids is 2. The molecule has 30 heavy (non-hydrogen) atoms. The van der Waals surface area contributed by atoms with Crippen molar-refractivity contribution in [2.45, 2.75) is 33.1 Å². The Hall–Kier alpha value is -3.15. The average molecular weight is 405 g/mol. The summed E-state index contributed by atoms with van der Waals surface area (Å²) < 4.78 is 2.10. The number of carbonyl (C=O) groups is 2. The fraction of sp³-hybridized carbons (Fsp3) is 0.375. The smallest absolute Gasteiger partial charge is 0.223 e. The Balaban J connectivity index is 1.65. The molecular formula is C24H28N4O2. The summed E-state index contributed by atoms with van der Waals surface area (Å²) in [7, 11) is 0. The first-order chi connectivity index (χ1) is 14.5. The summed E-state index contributed by atoms with van der Waals surface area (Å²) in [5.41, 5.74) is 5.38. The van der Waals surface area contributed by atoms with Crippen LogP contribution < -0.4 is 0 Å². The van der Waals surface area contributed by atoms with Crippen molar-refractivity contribution in [2.24, 2.45) is 0 Å². The summed E-state index contributed by atoms with van der Waals surface area (Å²) in [6.07, 6.45) is 4.30. The summed E-state index contributed by atoms with van der Waals surface area (Å²) in [6, 6.07) is 12.3. The molecule has 1 saturated heterocycles. The highest BCUT2D eigenvalue weighted by atomic mass is 16.2. The molecule has 0 radical (unpaired) electrons. The number of amides is 2. The van der Waals surface area contributed by atoms with Gasteiger partial charge in [0.2, 0.25) is 11.8 Å². The number of fused-ring (bicyclic) bond motifs is 1. The lowest BCUT2D eigenvalue weighted by Crippen LogP contribution is -2.50. The second-order valence-electron chi connectivity index (χ2n) is 8.07. The van der Waals surface area contributed by atoms with E-state index < -0.39 is 0 Å². The second-order valence-corrected chi connectivity index (χ2v) is 8.07. The predicted octanol–water partition coefficient (Wildman–Crippen LogP) is 3.16. The number of aryl methyl sites for hydroxylation is 2. The topological polar surface area (TPSA) is 57.9 Å². The zero-order chi connectivity index (χ0) is 21.3. The summed E-state index contributed by atoms with van der Waals surface area (Å²) in [5, 5.41) is 0. The first kappa shape index (κ1) is 20.1. The van der Waals surface area contributed by atoms with Gasteiger partial charge in [0.1, 0.15) is 5.65 Å². The van der Waals surface area contributed by atoms with Crippen LogP contribution in [0.25, 0.3) is 5.65 Å². The minimum atomic E-state index is -0.0821. The molecule has 3 aromatic rings. The van der Waals surface area contributed by atoms with E-state index in [-0.39, 0.29) is 17.7 Å². The van der Waals surface area contributed by atoms with Crippen molar-refractivity contribution >= 4 is 17.5 Å². The van der Waals surface area contributed by atoms with Crippen LogP contribution in [0, 0.1) is 13.8 Å². The van der Waals surface area contributed by atoms with E-state index in [9.17, 15) is 9.59 Å². The van der Waals surface area contributed by atoms with Gasteiger partial charge in [-0.15, -0.1) is 0 Å². The van der Waals surface area contributed by atoms with Crippen LogP contribution in [0.4, 0.5) is 0 Å². The van der Waals surface area contributed by atoms with E-state index in [1.807, 2.05) is 35.5 Å². The van der Waals surface area contributed by atoms with Gasteiger partial charge in [0.25, 0.3) is 0 Å². The summed E-state index contributed by atoms with van der Waals surface area (Å²) in [4.78, 5) is 33.2. The van der Waals surface area contributed by atoms with Crippen molar-refractivity contribution in [2.75, 3.05) is 26.2 Å². The van der Waals surface area contributed by atoms with Gasteiger partial charge < -0.3 is 14.2 Å². The van der Waals surface area contributed by atoms with E-state index in [1.54, 1.807) is 11.8 Å². The normalized spacial score (nSPS) is 15.4. The van der Waals surface area contributed by atoms with Gasteiger partial charge >= 0.3 is 0 Å². The lowest BCUT2D eigenvalue weighted by atomic mass is 9.89. The number of hydrogen-bond donors (Lipinski definition) is 0. The van der Waals surface area contributed by atoms with Gasteiger partial charge in [-0.3, -0.25) is 9.59 Å². The Morgan fingerprint density at radius 2 is 1.63 bits per heavy atom. The zero-order valence-corrected chi connectivity index (χ0v) is 17.8. The highest BCUT2D eigenvalue weighted by molar-refractivity contribution is 5.79.